The molecular formula is C44H85N11O7. The summed E-state index contributed by atoms with van der Waals surface area (Å²) in [5.74, 6) is -3.48. The van der Waals surface area contributed by atoms with Crippen LogP contribution in [-0.4, -0.2) is 121 Å². The summed E-state index contributed by atoms with van der Waals surface area (Å²) in [7, 11) is 1.37. The average Bonchev–Trinajstić information content (AvgIpc) is 3.24. The van der Waals surface area contributed by atoms with Crippen LogP contribution in [0.5, 0.6) is 0 Å². The first-order chi connectivity index (χ1) is 29.8. The molecule has 18 heteroatoms. The predicted octanol–water partition coefficient (Wildman–Crippen LogP) is 1.90. The van der Waals surface area contributed by atoms with Crippen LogP contribution in [0.1, 0.15) is 162 Å². The first-order valence-electron chi connectivity index (χ1n) is 23.6. The van der Waals surface area contributed by atoms with Crippen LogP contribution in [0.25, 0.3) is 0 Å². The van der Waals surface area contributed by atoms with Crippen molar-refractivity contribution in [1.29, 1.82) is 5.41 Å². The first-order valence-corrected chi connectivity index (χ1v) is 23.6. The molecule has 358 valence electrons. The van der Waals surface area contributed by atoms with Gasteiger partial charge in [0.15, 0.2) is 5.96 Å². The van der Waals surface area contributed by atoms with Crippen LogP contribution >= 0.6 is 0 Å². The van der Waals surface area contributed by atoms with E-state index in [2.05, 4.69) is 38.8 Å². The van der Waals surface area contributed by atoms with Crippen LogP contribution in [0.4, 0.5) is 0 Å². The standard InChI is InChI=1S/C44H85N11O7/c1-4-5-6-7-8-9-10-11-12-13-14-15-16-25-38(57)51-33(22-17-19-26-45)40(59)52-34(23-18-20-27-46)41(60)53-35-29-32(2)30-55(43(35)62)37(24-21-28-50-44(47)48)42(61)54-36(31-56)39(58)49-3/h32-37,56H,4-31,45-46H2,1-3H3,(H,49,58)(H,51,57)(H,52,59)(H,53,60)(H,54,61)(H4,47,48,50)/t32?,33-,34-,35-,36-,37-/m0/s1. The molecule has 0 spiro atoms. The summed E-state index contributed by atoms with van der Waals surface area (Å²) >= 11 is 0. The Bertz CT molecular complexity index is 1320. The van der Waals surface area contributed by atoms with Gasteiger partial charge in [0, 0.05) is 26.6 Å². The maximum absolute atomic E-state index is 14.1. The first kappa shape index (κ1) is 56.0. The van der Waals surface area contributed by atoms with Crippen molar-refractivity contribution in [3.63, 3.8) is 0 Å². The molecule has 18 nitrogen and oxygen atoms in total. The third-order valence-electron chi connectivity index (χ3n) is 11.4. The molecule has 0 radical (unpaired) electrons. The molecule has 6 atom stereocenters. The van der Waals surface area contributed by atoms with Crippen molar-refractivity contribution in [3.05, 3.63) is 0 Å². The van der Waals surface area contributed by atoms with Crippen molar-refractivity contribution in [2.45, 2.75) is 192 Å². The number of likely N-dealkylation sites (tertiary alicyclic amines) is 1. The molecule has 1 aliphatic rings. The number of aliphatic hydroxyl groups excluding tert-OH is 1. The highest BCUT2D eigenvalue weighted by atomic mass is 16.3. The fourth-order valence-corrected chi connectivity index (χ4v) is 7.83. The number of carbonyl (C=O) groups excluding carboxylic acids is 6. The Kier molecular flexibility index (Phi) is 31.1. The zero-order valence-electron chi connectivity index (χ0n) is 38.3. The Balaban J connectivity index is 3.00. The molecule has 0 aliphatic carbocycles. The Labute approximate surface area is 371 Å². The van der Waals surface area contributed by atoms with Crippen molar-refractivity contribution in [3.8, 4) is 0 Å². The highest BCUT2D eigenvalue weighted by Crippen LogP contribution is 2.23. The Morgan fingerprint density at radius 3 is 1.76 bits per heavy atom. The number of likely N-dealkylation sites (N-methyl/N-ethyl adjacent to an activating group) is 1. The summed E-state index contributed by atoms with van der Waals surface area (Å²) in [4.78, 5) is 82.4. The van der Waals surface area contributed by atoms with Crippen LogP contribution < -0.4 is 49.1 Å². The summed E-state index contributed by atoms with van der Waals surface area (Å²) in [6.45, 7) is 4.71. The number of aliphatic hydroxyl groups is 1. The summed E-state index contributed by atoms with van der Waals surface area (Å²) < 4.78 is 0. The van der Waals surface area contributed by atoms with Crippen LogP contribution in [0.3, 0.4) is 0 Å². The lowest BCUT2D eigenvalue weighted by molar-refractivity contribution is -0.148. The molecular weight excluding hydrogens is 795 g/mol. The second-order valence-electron chi connectivity index (χ2n) is 17.0. The van der Waals surface area contributed by atoms with Gasteiger partial charge < -0.3 is 59.1 Å². The number of carbonyl (C=O) groups is 6. The summed E-state index contributed by atoms with van der Waals surface area (Å²) in [5, 5.41) is 33.5. The lowest BCUT2D eigenvalue weighted by atomic mass is 9.92. The van der Waals surface area contributed by atoms with Crippen molar-refractivity contribution in [1.82, 2.24) is 36.8 Å². The third kappa shape index (κ3) is 24.0. The molecule has 0 aromatic rings. The lowest BCUT2D eigenvalue weighted by Crippen LogP contribution is -2.63. The van der Waals surface area contributed by atoms with Gasteiger partial charge in [-0.1, -0.05) is 90.9 Å². The quantitative estimate of drug-likeness (QED) is 0.0245. The summed E-state index contributed by atoms with van der Waals surface area (Å²) in [5.41, 5.74) is 16.9. The van der Waals surface area contributed by atoms with E-state index in [1.807, 2.05) is 6.92 Å². The summed E-state index contributed by atoms with van der Waals surface area (Å²) in [6.07, 6.45) is 19.6. The van der Waals surface area contributed by atoms with E-state index in [1.165, 1.54) is 69.7 Å². The molecule has 6 amide bonds. The van der Waals surface area contributed by atoms with Gasteiger partial charge in [-0.05, 0) is 83.2 Å². The van der Waals surface area contributed by atoms with Crippen molar-refractivity contribution >= 4 is 41.4 Å². The van der Waals surface area contributed by atoms with E-state index in [-0.39, 0.29) is 50.1 Å². The fourth-order valence-electron chi connectivity index (χ4n) is 7.83. The second kappa shape index (κ2) is 34.5. The van der Waals surface area contributed by atoms with Gasteiger partial charge in [0.05, 0.1) is 6.61 Å². The molecule has 0 saturated carbocycles. The monoisotopic (exact) mass is 880 g/mol. The molecule has 0 aromatic heterocycles. The van der Waals surface area contributed by atoms with E-state index in [1.54, 1.807) is 0 Å². The van der Waals surface area contributed by atoms with Gasteiger partial charge in [-0.3, -0.25) is 34.2 Å². The molecule has 1 rings (SSSR count). The van der Waals surface area contributed by atoms with Gasteiger partial charge in [0.2, 0.25) is 35.4 Å². The number of hydrogen-bond donors (Lipinski definition) is 11. The Hall–Kier alpha value is -4.03. The lowest BCUT2D eigenvalue weighted by Gasteiger charge is -2.41. The van der Waals surface area contributed by atoms with Gasteiger partial charge in [-0.15, -0.1) is 0 Å². The molecule has 1 saturated heterocycles. The molecule has 0 bridgehead atoms. The zero-order valence-corrected chi connectivity index (χ0v) is 38.3. The van der Waals surface area contributed by atoms with E-state index in [4.69, 9.17) is 22.6 Å². The van der Waals surface area contributed by atoms with Gasteiger partial charge in [-0.25, -0.2) is 0 Å². The average molecular weight is 880 g/mol. The van der Waals surface area contributed by atoms with Crippen molar-refractivity contribution in [2.24, 2.45) is 23.1 Å². The molecule has 1 unspecified atom stereocenters. The van der Waals surface area contributed by atoms with Gasteiger partial charge >= 0.3 is 0 Å². The number of hydrogen-bond acceptors (Lipinski definition) is 10. The van der Waals surface area contributed by atoms with Crippen LogP contribution in [-0.2, 0) is 28.8 Å². The number of nitrogens with two attached hydrogens (primary N) is 3. The minimum Gasteiger partial charge on any atom is -0.394 e. The Morgan fingerprint density at radius 1 is 0.710 bits per heavy atom. The number of piperidine rings is 1. The molecule has 1 aliphatic heterocycles. The van der Waals surface area contributed by atoms with Gasteiger partial charge in [0.1, 0.15) is 30.2 Å². The molecule has 14 N–H and O–H groups in total. The van der Waals surface area contributed by atoms with E-state index < -0.39 is 66.4 Å². The number of guanidine groups is 1. The number of amides is 6. The molecule has 1 heterocycles. The van der Waals surface area contributed by atoms with Crippen molar-refractivity contribution in [2.75, 3.05) is 39.8 Å². The zero-order chi connectivity index (χ0) is 46.1. The number of nitrogens with one attached hydrogen (secondary N) is 7. The highest BCUT2D eigenvalue weighted by molar-refractivity contribution is 5.96. The molecule has 0 aromatic carbocycles. The largest absolute Gasteiger partial charge is 0.394 e. The second-order valence-corrected chi connectivity index (χ2v) is 17.0. The van der Waals surface area contributed by atoms with Crippen LogP contribution in [0, 0.1) is 11.3 Å². The minimum absolute atomic E-state index is 0.130. The van der Waals surface area contributed by atoms with Gasteiger partial charge in [0.25, 0.3) is 0 Å². The number of nitrogens with zero attached hydrogens (tertiary/aromatic N) is 1. The van der Waals surface area contributed by atoms with Crippen molar-refractivity contribution < 1.29 is 33.9 Å². The van der Waals surface area contributed by atoms with E-state index >= 15 is 0 Å². The third-order valence-corrected chi connectivity index (χ3v) is 11.4. The fraction of sp³-hybridized carbons (Fsp3) is 0.841. The predicted molar refractivity (Wildman–Crippen MR) is 243 cm³/mol. The van der Waals surface area contributed by atoms with E-state index in [0.717, 1.165) is 25.7 Å². The normalized spacial score (nSPS) is 17.0. The number of unbranched alkanes of at least 4 members (excludes halogenated alkanes) is 14. The minimum atomic E-state index is -1.25. The summed E-state index contributed by atoms with van der Waals surface area (Å²) in [6, 6.07) is -5.26. The maximum Gasteiger partial charge on any atom is 0.245 e. The smallest absolute Gasteiger partial charge is 0.245 e. The SMILES string of the molecule is CCCCCCCCCCCCCCCC(=O)N[C@@H](CCCCN)C(=O)N[C@@H](CCCCN)C(=O)N[C@H]1CC(C)CN([C@@H](CCCNC(=N)N)C(=O)N[C@@H](CO)C(=O)NC)C1=O. The van der Waals surface area contributed by atoms with Crippen LogP contribution in [0.2, 0.25) is 0 Å². The maximum atomic E-state index is 14.1. The number of rotatable bonds is 36. The van der Waals surface area contributed by atoms with E-state index in [0.29, 0.717) is 58.0 Å². The highest BCUT2D eigenvalue weighted by Gasteiger charge is 2.41. The van der Waals surface area contributed by atoms with E-state index in [9.17, 15) is 33.9 Å². The molecule has 62 heavy (non-hydrogen) atoms. The Morgan fingerprint density at radius 2 is 1.24 bits per heavy atom. The molecule has 1 fully saturated rings. The van der Waals surface area contributed by atoms with Crippen LogP contribution in [0.15, 0.2) is 0 Å². The topological polar surface area (TPSA) is 300 Å². The van der Waals surface area contributed by atoms with Gasteiger partial charge in [-0.2, -0.15) is 0 Å².